The summed E-state index contributed by atoms with van der Waals surface area (Å²) >= 11 is 0. The molecule has 2 unspecified atom stereocenters. The first kappa shape index (κ1) is 14.4. The van der Waals surface area contributed by atoms with Crippen LogP contribution >= 0.6 is 0 Å². The summed E-state index contributed by atoms with van der Waals surface area (Å²) in [4.78, 5) is 10.9. The van der Waals surface area contributed by atoms with Crippen LogP contribution in [0.25, 0.3) is 0 Å². The largest absolute Gasteiger partial charge is 0.480 e. The molecule has 0 bridgehead atoms. The molecule has 2 atom stereocenters. The topological polar surface area (TPSA) is 58.6 Å². The molecule has 90 valence electrons. The lowest BCUT2D eigenvalue weighted by Gasteiger charge is -2.25. The number of aliphatic carboxylic acids is 1. The first-order valence-electron chi connectivity index (χ1n) is 5.59. The van der Waals surface area contributed by atoms with Crippen molar-refractivity contribution in [2.24, 2.45) is 5.92 Å². The molecule has 0 aromatic carbocycles. The lowest BCUT2D eigenvalue weighted by molar-refractivity contribution is -0.140. The Bertz CT molecular complexity index is 183. The molecule has 0 rings (SSSR count). The molecule has 4 nitrogen and oxygen atoms in total. The Hall–Kier alpha value is -0.610. The molecule has 0 fully saturated rings. The van der Waals surface area contributed by atoms with Gasteiger partial charge in [0, 0.05) is 12.6 Å². The third-order valence-corrected chi connectivity index (χ3v) is 2.43. The fourth-order valence-corrected chi connectivity index (χ4v) is 1.30. The van der Waals surface area contributed by atoms with E-state index in [-0.39, 0.29) is 6.04 Å². The molecule has 0 spiro atoms. The van der Waals surface area contributed by atoms with E-state index >= 15 is 0 Å². The van der Waals surface area contributed by atoms with Gasteiger partial charge in [0.15, 0.2) is 0 Å². The second kappa shape index (κ2) is 7.65. The Balaban J connectivity index is 4.18. The van der Waals surface area contributed by atoms with Crippen LogP contribution in [-0.2, 0) is 9.53 Å². The Morgan fingerprint density at radius 2 is 2.00 bits per heavy atom. The van der Waals surface area contributed by atoms with Gasteiger partial charge in [0.1, 0.15) is 6.04 Å². The smallest absolute Gasteiger partial charge is 0.320 e. The van der Waals surface area contributed by atoms with E-state index in [0.717, 1.165) is 0 Å². The SMILES string of the molecule is CCOCC(NC(CC)C(=O)O)C(C)C. The zero-order valence-electron chi connectivity index (χ0n) is 10.1. The van der Waals surface area contributed by atoms with Gasteiger partial charge in [-0.15, -0.1) is 0 Å². The normalized spacial score (nSPS) is 15.3. The predicted octanol–water partition coefficient (Wildman–Crippen LogP) is 1.50. The molecule has 0 aliphatic heterocycles. The summed E-state index contributed by atoms with van der Waals surface area (Å²) in [6.45, 7) is 9.15. The number of carboxylic acids is 1. The van der Waals surface area contributed by atoms with Crippen LogP contribution in [0.1, 0.15) is 34.1 Å². The van der Waals surface area contributed by atoms with Crippen molar-refractivity contribution in [1.82, 2.24) is 5.32 Å². The number of rotatable bonds is 8. The Labute approximate surface area is 92.0 Å². The number of hydrogen-bond acceptors (Lipinski definition) is 3. The van der Waals surface area contributed by atoms with Gasteiger partial charge in [0.05, 0.1) is 6.61 Å². The number of nitrogens with one attached hydrogen (secondary N) is 1. The highest BCUT2D eigenvalue weighted by atomic mass is 16.5. The Morgan fingerprint density at radius 3 is 2.33 bits per heavy atom. The second-order valence-electron chi connectivity index (χ2n) is 3.98. The summed E-state index contributed by atoms with van der Waals surface area (Å²) in [5.74, 6) is -0.426. The molecule has 0 radical (unpaired) electrons. The molecular formula is C11H23NO3. The molecule has 15 heavy (non-hydrogen) atoms. The third-order valence-electron chi connectivity index (χ3n) is 2.43. The van der Waals surface area contributed by atoms with Crippen molar-refractivity contribution in [1.29, 1.82) is 0 Å². The van der Waals surface area contributed by atoms with E-state index in [2.05, 4.69) is 19.2 Å². The van der Waals surface area contributed by atoms with Gasteiger partial charge in [-0.1, -0.05) is 20.8 Å². The van der Waals surface area contributed by atoms with Crippen molar-refractivity contribution in [2.75, 3.05) is 13.2 Å². The van der Waals surface area contributed by atoms with Crippen LogP contribution in [0.15, 0.2) is 0 Å². The standard InChI is InChI=1S/C11H23NO3/c1-5-9(11(13)14)12-10(8(3)4)7-15-6-2/h8-10,12H,5-7H2,1-4H3,(H,13,14). The van der Waals surface area contributed by atoms with Crippen LogP contribution in [0.3, 0.4) is 0 Å². The Morgan fingerprint density at radius 1 is 1.40 bits per heavy atom. The van der Waals surface area contributed by atoms with Gasteiger partial charge >= 0.3 is 5.97 Å². The van der Waals surface area contributed by atoms with E-state index < -0.39 is 12.0 Å². The first-order valence-corrected chi connectivity index (χ1v) is 5.59. The first-order chi connectivity index (χ1) is 7.02. The third kappa shape index (κ3) is 5.74. The highest BCUT2D eigenvalue weighted by molar-refractivity contribution is 5.73. The van der Waals surface area contributed by atoms with Gasteiger partial charge in [-0.3, -0.25) is 10.1 Å². The lowest BCUT2D eigenvalue weighted by atomic mass is 10.0. The fraction of sp³-hybridized carbons (Fsp3) is 0.909. The van der Waals surface area contributed by atoms with E-state index in [1.54, 1.807) is 0 Å². The summed E-state index contributed by atoms with van der Waals surface area (Å²) in [5.41, 5.74) is 0. The average molecular weight is 217 g/mol. The number of ether oxygens (including phenoxy) is 1. The van der Waals surface area contributed by atoms with Gasteiger partial charge in [0.25, 0.3) is 0 Å². The van der Waals surface area contributed by atoms with Gasteiger partial charge in [-0.25, -0.2) is 0 Å². The van der Waals surface area contributed by atoms with Gasteiger partial charge in [0.2, 0.25) is 0 Å². The van der Waals surface area contributed by atoms with Crippen LogP contribution < -0.4 is 5.32 Å². The molecule has 2 N–H and O–H groups in total. The minimum absolute atomic E-state index is 0.103. The molecule has 0 aromatic rings. The van der Waals surface area contributed by atoms with Crippen LogP contribution in [0, 0.1) is 5.92 Å². The molecule has 0 heterocycles. The van der Waals surface area contributed by atoms with Crippen molar-refractivity contribution < 1.29 is 14.6 Å². The van der Waals surface area contributed by atoms with Crippen molar-refractivity contribution in [3.05, 3.63) is 0 Å². The minimum Gasteiger partial charge on any atom is -0.480 e. The molecule has 0 aliphatic rings. The molecular weight excluding hydrogens is 194 g/mol. The molecule has 4 heteroatoms. The maximum absolute atomic E-state index is 10.9. The van der Waals surface area contributed by atoms with Crippen molar-refractivity contribution in [3.8, 4) is 0 Å². The van der Waals surface area contributed by atoms with Crippen LogP contribution in [0.4, 0.5) is 0 Å². The molecule has 0 aromatic heterocycles. The van der Waals surface area contributed by atoms with Gasteiger partial charge < -0.3 is 9.84 Å². The molecule has 0 aliphatic carbocycles. The van der Waals surface area contributed by atoms with Crippen LogP contribution in [0.2, 0.25) is 0 Å². The van der Waals surface area contributed by atoms with E-state index in [1.165, 1.54) is 0 Å². The highest BCUT2D eigenvalue weighted by Crippen LogP contribution is 2.05. The summed E-state index contributed by atoms with van der Waals surface area (Å²) in [6.07, 6.45) is 0.588. The van der Waals surface area contributed by atoms with E-state index in [1.807, 2.05) is 13.8 Å². The number of carboxylic acid groups (broad SMARTS) is 1. The summed E-state index contributed by atoms with van der Waals surface area (Å²) in [7, 11) is 0. The summed E-state index contributed by atoms with van der Waals surface area (Å²) in [5, 5.41) is 12.0. The molecule has 0 saturated heterocycles. The van der Waals surface area contributed by atoms with Crippen LogP contribution in [0.5, 0.6) is 0 Å². The zero-order valence-corrected chi connectivity index (χ0v) is 10.1. The maximum atomic E-state index is 10.9. The van der Waals surface area contributed by atoms with Crippen molar-refractivity contribution in [3.63, 3.8) is 0 Å². The quantitative estimate of drug-likeness (QED) is 0.647. The summed E-state index contributed by atoms with van der Waals surface area (Å²) < 4.78 is 5.33. The Kier molecular flexibility index (Phi) is 7.34. The molecule has 0 amide bonds. The van der Waals surface area contributed by atoms with E-state index in [9.17, 15) is 4.79 Å². The number of carbonyl (C=O) groups is 1. The number of hydrogen-bond donors (Lipinski definition) is 2. The minimum atomic E-state index is -0.792. The predicted molar refractivity (Wildman–Crippen MR) is 60.0 cm³/mol. The van der Waals surface area contributed by atoms with Gasteiger partial charge in [-0.2, -0.15) is 0 Å². The van der Waals surface area contributed by atoms with Crippen molar-refractivity contribution >= 4 is 5.97 Å². The highest BCUT2D eigenvalue weighted by Gasteiger charge is 2.21. The van der Waals surface area contributed by atoms with Crippen molar-refractivity contribution in [2.45, 2.75) is 46.2 Å². The summed E-state index contributed by atoms with van der Waals surface area (Å²) in [6, 6.07) is -0.371. The molecule has 0 saturated carbocycles. The fourth-order valence-electron chi connectivity index (χ4n) is 1.30. The second-order valence-corrected chi connectivity index (χ2v) is 3.98. The van der Waals surface area contributed by atoms with E-state index in [0.29, 0.717) is 25.6 Å². The average Bonchev–Trinajstić information content (AvgIpc) is 2.17. The lowest BCUT2D eigenvalue weighted by Crippen LogP contribution is -2.47. The monoisotopic (exact) mass is 217 g/mol. The van der Waals surface area contributed by atoms with Crippen LogP contribution in [-0.4, -0.2) is 36.4 Å². The zero-order chi connectivity index (χ0) is 11.8. The maximum Gasteiger partial charge on any atom is 0.320 e. The van der Waals surface area contributed by atoms with E-state index in [4.69, 9.17) is 9.84 Å². The van der Waals surface area contributed by atoms with Gasteiger partial charge in [-0.05, 0) is 19.3 Å².